The van der Waals surface area contributed by atoms with Gasteiger partial charge < -0.3 is 4.74 Å². The van der Waals surface area contributed by atoms with Gasteiger partial charge in [0.1, 0.15) is 5.75 Å². The fourth-order valence-corrected chi connectivity index (χ4v) is 1.39. The fourth-order valence-electron chi connectivity index (χ4n) is 1.30. The number of pyridine rings is 1. The van der Waals surface area contributed by atoms with Crippen LogP contribution in [0.15, 0.2) is 12.1 Å². The molecule has 0 aromatic carbocycles. The van der Waals surface area contributed by atoms with Gasteiger partial charge in [0.2, 0.25) is 0 Å². The van der Waals surface area contributed by atoms with Crippen molar-refractivity contribution in [1.29, 1.82) is 0 Å². The Morgan fingerprint density at radius 1 is 1.38 bits per heavy atom. The number of aromatic nitrogens is 1. The highest BCUT2D eigenvalue weighted by atomic mass is 32.1. The summed E-state index contributed by atoms with van der Waals surface area (Å²) in [5, 5.41) is 0. The van der Waals surface area contributed by atoms with E-state index in [0.29, 0.717) is 6.61 Å². The minimum absolute atomic E-state index is 0.0962. The predicted octanol–water partition coefficient (Wildman–Crippen LogP) is 3.29. The van der Waals surface area contributed by atoms with E-state index >= 15 is 0 Å². The van der Waals surface area contributed by atoms with E-state index in [0.717, 1.165) is 29.3 Å². The van der Waals surface area contributed by atoms with E-state index in [1.807, 2.05) is 19.1 Å². The Hall–Kier alpha value is -0.700. The first-order chi connectivity index (χ1) is 7.48. The van der Waals surface area contributed by atoms with Crippen LogP contribution in [0.25, 0.3) is 0 Å². The SMILES string of the molecule is CCc1nc(C)ccc1OCC(C)(C)CS. The van der Waals surface area contributed by atoms with Crippen molar-refractivity contribution in [1.82, 2.24) is 4.98 Å². The van der Waals surface area contributed by atoms with Gasteiger partial charge >= 0.3 is 0 Å². The van der Waals surface area contributed by atoms with Crippen LogP contribution in [0.5, 0.6) is 5.75 Å². The lowest BCUT2D eigenvalue weighted by Gasteiger charge is -2.22. The first kappa shape index (κ1) is 13.4. The molecule has 1 aromatic rings. The van der Waals surface area contributed by atoms with Gasteiger partial charge in [-0.3, -0.25) is 4.98 Å². The molecule has 0 unspecified atom stereocenters. The third-order valence-electron chi connectivity index (χ3n) is 2.45. The number of thiol groups is 1. The molecule has 0 aliphatic carbocycles. The van der Waals surface area contributed by atoms with Crippen LogP contribution >= 0.6 is 12.6 Å². The lowest BCUT2D eigenvalue weighted by Crippen LogP contribution is -2.23. The zero-order valence-corrected chi connectivity index (χ0v) is 11.5. The summed E-state index contributed by atoms with van der Waals surface area (Å²) >= 11 is 4.32. The summed E-state index contributed by atoms with van der Waals surface area (Å²) in [5.41, 5.74) is 2.17. The quantitative estimate of drug-likeness (QED) is 0.797. The van der Waals surface area contributed by atoms with Crippen LogP contribution in [0.1, 0.15) is 32.2 Å². The first-order valence-corrected chi connectivity index (χ1v) is 6.32. The largest absolute Gasteiger partial charge is 0.491 e. The van der Waals surface area contributed by atoms with E-state index in [4.69, 9.17) is 4.74 Å². The Kier molecular flexibility index (Phi) is 4.66. The van der Waals surface area contributed by atoms with Gasteiger partial charge in [-0.25, -0.2) is 0 Å². The van der Waals surface area contributed by atoms with Gasteiger partial charge in [-0.2, -0.15) is 12.6 Å². The highest BCUT2D eigenvalue weighted by molar-refractivity contribution is 7.80. The molecular weight excluding hydrogens is 218 g/mol. The van der Waals surface area contributed by atoms with Crippen LogP contribution in [-0.4, -0.2) is 17.3 Å². The molecule has 0 fully saturated rings. The molecule has 1 aromatic heterocycles. The van der Waals surface area contributed by atoms with Gasteiger partial charge in [0.15, 0.2) is 0 Å². The van der Waals surface area contributed by atoms with Crippen molar-refractivity contribution >= 4 is 12.6 Å². The average molecular weight is 239 g/mol. The van der Waals surface area contributed by atoms with Gasteiger partial charge in [0.05, 0.1) is 12.3 Å². The maximum atomic E-state index is 5.83. The van der Waals surface area contributed by atoms with E-state index in [2.05, 4.69) is 38.4 Å². The number of ether oxygens (including phenoxy) is 1. The van der Waals surface area contributed by atoms with Gasteiger partial charge in [0, 0.05) is 11.1 Å². The number of nitrogens with zero attached hydrogens (tertiary/aromatic N) is 1. The Labute approximate surface area is 104 Å². The second-order valence-corrected chi connectivity index (χ2v) is 5.18. The van der Waals surface area contributed by atoms with Crippen LogP contribution in [-0.2, 0) is 6.42 Å². The molecule has 0 radical (unpaired) electrons. The summed E-state index contributed by atoms with van der Waals surface area (Å²) in [6, 6.07) is 4.00. The molecule has 1 rings (SSSR count). The van der Waals surface area contributed by atoms with Crippen molar-refractivity contribution < 1.29 is 4.74 Å². The molecule has 16 heavy (non-hydrogen) atoms. The maximum absolute atomic E-state index is 5.83. The van der Waals surface area contributed by atoms with E-state index in [1.165, 1.54) is 0 Å². The monoisotopic (exact) mass is 239 g/mol. The normalized spacial score (nSPS) is 11.6. The summed E-state index contributed by atoms with van der Waals surface area (Å²) in [6.45, 7) is 9.06. The van der Waals surface area contributed by atoms with Crippen molar-refractivity contribution in [2.75, 3.05) is 12.4 Å². The zero-order valence-electron chi connectivity index (χ0n) is 10.6. The molecule has 90 valence electrons. The second kappa shape index (κ2) is 5.58. The summed E-state index contributed by atoms with van der Waals surface area (Å²) in [7, 11) is 0. The Bertz CT molecular complexity index is 350. The highest BCUT2D eigenvalue weighted by Crippen LogP contribution is 2.22. The summed E-state index contributed by atoms with van der Waals surface area (Å²) in [5.74, 6) is 1.72. The molecule has 0 atom stereocenters. The Balaban J connectivity index is 2.74. The summed E-state index contributed by atoms with van der Waals surface area (Å²) < 4.78 is 5.83. The minimum Gasteiger partial charge on any atom is -0.491 e. The molecule has 1 heterocycles. The summed E-state index contributed by atoms with van der Waals surface area (Å²) in [6.07, 6.45) is 0.901. The van der Waals surface area contributed by atoms with E-state index < -0.39 is 0 Å². The molecule has 0 spiro atoms. The van der Waals surface area contributed by atoms with Crippen molar-refractivity contribution in [3.63, 3.8) is 0 Å². The number of hydrogen-bond acceptors (Lipinski definition) is 3. The number of aryl methyl sites for hydroxylation is 2. The molecule has 0 aliphatic heterocycles. The van der Waals surface area contributed by atoms with Gasteiger partial charge in [-0.15, -0.1) is 0 Å². The fraction of sp³-hybridized carbons (Fsp3) is 0.615. The van der Waals surface area contributed by atoms with Crippen LogP contribution in [0.4, 0.5) is 0 Å². The lowest BCUT2D eigenvalue weighted by molar-refractivity contribution is 0.200. The van der Waals surface area contributed by atoms with Gasteiger partial charge in [-0.1, -0.05) is 20.8 Å². The molecule has 0 saturated carbocycles. The van der Waals surface area contributed by atoms with E-state index in [9.17, 15) is 0 Å². The maximum Gasteiger partial charge on any atom is 0.140 e. The van der Waals surface area contributed by atoms with Crippen LogP contribution in [0.3, 0.4) is 0 Å². The standard InChI is InChI=1S/C13H21NOS/c1-5-11-12(7-6-10(2)14-11)15-8-13(3,4)9-16/h6-7,16H,5,8-9H2,1-4H3. The van der Waals surface area contributed by atoms with E-state index in [1.54, 1.807) is 0 Å². The topological polar surface area (TPSA) is 22.1 Å². The molecule has 2 nitrogen and oxygen atoms in total. The zero-order chi connectivity index (χ0) is 12.2. The number of hydrogen-bond donors (Lipinski definition) is 1. The molecule has 0 aliphatic rings. The average Bonchev–Trinajstić information content (AvgIpc) is 2.27. The molecule has 0 saturated heterocycles. The van der Waals surface area contributed by atoms with Crippen LogP contribution < -0.4 is 4.74 Å². The van der Waals surface area contributed by atoms with Crippen molar-refractivity contribution in [2.24, 2.45) is 5.41 Å². The minimum atomic E-state index is 0.0962. The van der Waals surface area contributed by atoms with Crippen molar-refractivity contribution in [2.45, 2.75) is 34.1 Å². The second-order valence-electron chi connectivity index (χ2n) is 4.86. The van der Waals surface area contributed by atoms with Gasteiger partial charge in [-0.05, 0) is 31.2 Å². The molecule has 0 bridgehead atoms. The Morgan fingerprint density at radius 2 is 2.06 bits per heavy atom. The van der Waals surface area contributed by atoms with Crippen molar-refractivity contribution in [3.05, 3.63) is 23.5 Å². The molecule has 0 amide bonds. The van der Waals surface area contributed by atoms with Crippen molar-refractivity contribution in [3.8, 4) is 5.75 Å². The third kappa shape index (κ3) is 3.71. The smallest absolute Gasteiger partial charge is 0.140 e. The predicted molar refractivity (Wildman–Crippen MR) is 71.5 cm³/mol. The van der Waals surface area contributed by atoms with Gasteiger partial charge in [0.25, 0.3) is 0 Å². The molecule has 3 heteroatoms. The third-order valence-corrected chi connectivity index (χ3v) is 3.31. The number of rotatable bonds is 5. The Morgan fingerprint density at radius 3 is 2.62 bits per heavy atom. The first-order valence-electron chi connectivity index (χ1n) is 5.68. The highest BCUT2D eigenvalue weighted by Gasteiger charge is 2.17. The molecular formula is C13H21NOS. The van der Waals surface area contributed by atoms with Crippen LogP contribution in [0, 0.1) is 12.3 Å². The lowest BCUT2D eigenvalue weighted by atomic mass is 9.98. The van der Waals surface area contributed by atoms with Crippen LogP contribution in [0.2, 0.25) is 0 Å². The summed E-state index contributed by atoms with van der Waals surface area (Å²) in [4.78, 5) is 4.47. The molecule has 0 N–H and O–H groups in total. The van der Waals surface area contributed by atoms with E-state index in [-0.39, 0.29) is 5.41 Å².